The lowest BCUT2D eigenvalue weighted by Gasteiger charge is -2.11. The largest absolute Gasteiger partial charge is 0.505 e. The minimum absolute atomic E-state index is 0.128. The fourth-order valence-electron chi connectivity index (χ4n) is 2.57. The zero-order valence-corrected chi connectivity index (χ0v) is 13.3. The van der Waals surface area contributed by atoms with Crippen LogP contribution in [0, 0.1) is 11.3 Å². The average Bonchev–Trinajstić information content (AvgIpc) is 2.64. The first-order valence-corrected chi connectivity index (χ1v) is 7.35. The van der Waals surface area contributed by atoms with Gasteiger partial charge >= 0.3 is 5.97 Å². The maximum Gasteiger partial charge on any atom is 0.360 e. The number of ether oxygens (including phenoxy) is 1. The molecule has 0 aliphatic heterocycles. The van der Waals surface area contributed by atoms with Crippen molar-refractivity contribution in [2.45, 2.75) is 6.54 Å². The number of hydrogen-bond donors (Lipinski definition) is 1. The number of carbonyl (C=O) groups is 1. The second kappa shape index (κ2) is 6.45. The van der Waals surface area contributed by atoms with Crippen LogP contribution in [0.5, 0.6) is 5.75 Å². The molecule has 0 bridgehead atoms. The van der Waals surface area contributed by atoms with Crippen molar-refractivity contribution in [3.63, 3.8) is 0 Å². The van der Waals surface area contributed by atoms with Crippen LogP contribution < -0.4 is 5.56 Å². The summed E-state index contributed by atoms with van der Waals surface area (Å²) < 4.78 is 5.94. The van der Waals surface area contributed by atoms with E-state index >= 15 is 0 Å². The Morgan fingerprint density at radius 1 is 1.32 bits per heavy atom. The van der Waals surface area contributed by atoms with Crippen LogP contribution >= 0.6 is 0 Å². The molecule has 25 heavy (non-hydrogen) atoms. The second-order valence-corrected chi connectivity index (χ2v) is 5.28. The van der Waals surface area contributed by atoms with Gasteiger partial charge in [0.25, 0.3) is 5.56 Å². The summed E-state index contributed by atoms with van der Waals surface area (Å²) in [5.74, 6) is -1.51. The van der Waals surface area contributed by atoms with Gasteiger partial charge in [0, 0.05) is 11.6 Å². The average molecular weight is 335 g/mol. The Hall–Kier alpha value is -3.66. The molecule has 0 radical (unpaired) electrons. The summed E-state index contributed by atoms with van der Waals surface area (Å²) in [5, 5.41) is 19.7. The summed E-state index contributed by atoms with van der Waals surface area (Å²) in [7, 11) is 1.12. The van der Waals surface area contributed by atoms with Crippen LogP contribution in [-0.4, -0.2) is 27.7 Å². The topological polar surface area (TPSA) is 105 Å². The summed E-state index contributed by atoms with van der Waals surface area (Å²) in [6, 6.07) is 12.7. The highest BCUT2D eigenvalue weighted by Gasteiger charge is 2.22. The predicted molar refractivity (Wildman–Crippen MR) is 89.3 cm³/mol. The molecular weight excluding hydrogens is 322 g/mol. The van der Waals surface area contributed by atoms with Gasteiger partial charge in [0.2, 0.25) is 0 Å². The number of methoxy groups -OCH3 is 1. The molecule has 2 heterocycles. The van der Waals surface area contributed by atoms with Crippen molar-refractivity contribution in [3.8, 4) is 11.8 Å². The van der Waals surface area contributed by atoms with E-state index in [1.165, 1.54) is 16.8 Å². The molecule has 3 aromatic rings. The zero-order chi connectivity index (χ0) is 18.0. The minimum atomic E-state index is -0.922. The van der Waals surface area contributed by atoms with E-state index in [-0.39, 0.29) is 23.0 Å². The predicted octanol–water partition coefficient (Wildman–Crippen LogP) is 1.81. The molecule has 0 aliphatic rings. The number of benzene rings is 1. The van der Waals surface area contributed by atoms with E-state index < -0.39 is 23.0 Å². The Bertz CT molecular complexity index is 1070. The van der Waals surface area contributed by atoms with Gasteiger partial charge in [0.1, 0.15) is 11.8 Å². The van der Waals surface area contributed by atoms with Crippen LogP contribution in [0.1, 0.15) is 21.7 Å². The van der Waals surface area contributed by atoms with Gasteiger partial charge in [-0.1, -0.05) is 30.3 Å². The number of pyridine rings is 2. The van der Waals surface area contributed by atoms with Crippen LogP contribution in [0.2, 0.25) is 0 Å². The van der Waals surface area contributed by atoms with Crippen LogP contribution in [0.15, 0.2) is 47.4 Å². The van der Waals surface area contributed by atoms with Gasteiger partial charge in [-0.15, -0.1) is 0 Å². The quantitative estimate of drug-likeness (QED) is 0.732. The molecule has 0 spiro atoms. The summed E-state index contributed by atoms with van der Waals surface area (Å²) >= 11 is 0. The third-order valence-corrected chi connectivity index (χ3v) is 3.79. The van der Waals surface area contributed by atoms with E-state index in [2.05, 4.69) is 9.72 Å². The van der Waals surface area contributed by atoms with E-state index in [1.54, 1.807) is 0 Å². The van der Waals surface area contributed by atoms with Gasteiger partial charge in [-0.3, -0.25) is 4.79 Å². The van der Waals surface area contributed by atoms with Crippen molar-refractivity contribution in [2.24, 2.45) is 0 Å². The monoisotopic (exact) mass is 335 g/mol. The number of fused-ring (bicyclic) bond motifs is 1. The molecule has 2 aromatic heterocycles. The molecule has 7 nitrogen and oxygen atoms in total. The summed E-state index contributed by atoms with van der Waals surface area (Å²) in [5.41, 5.74) is -0.215. The number of carbonyl (C=O) groups excluding carboxylic acids is 1. The smallest absolute Gasteiger partial charge is 0.360 e. The van der Waals surface area contributed by atoms with Crippen LogP contribution in [0.4, 0.5) is 0 Å². The Balaban J connectivity index is 2.27. The lowest BCUT2D eigenvalue weighted by atomic mass is 10.1. The second-order valence-electron chi connectivity index (χ2n) is 5.28. The Labute approximate surface area is 142 Å². The first-order valence-electron chi connectivity index (χ1n) is 7.35. The summed E-state index contributed by atoms with van der Waals surface area (Å²) in [6.45, 7) is 0.285. The SMILES string of the molecule is COC(=O)c1nc(C#N)c2ccn(Cc3ccccc3)c(=O)c2c1O. The van der Waals surface area contributed by atoms with E-state index in [9.17, 15) is 20.0 Å². The third kappa shape index (κ3) is 2.81. The highest BCUT2D eigenvalue weighted by atomic mass is 16.5. The van der Waals surface area contributed by atoms with Gasteiger partial charge in [0.05, 0.1) is 19.0 Å². The number of aromatic hydroxyl groups is 1. The standard InChI is InChI=1S/C18H13N3O4/c1-25-18(24)15-16(22)14-12(13(9-19)20-15)7-8-21(17(14)23)10-11-5-3-2-4-6-11/h2-8,22H,10H2,1H3. The van der Waals surface area contributed by atoms with Crippen LogP contribution in [0.25, 0.3) is 10.8 Å². The van der Waals surface area contributed by atoms with E-state index in [4.69, 9.17) is 0 Å². The molecule has 3 rings (SSSR count). The fraction of sp³-hybridized carbons (Fsp3) is 0.111. The lowest BCUT2D eigenvalue weighted by Crippen LogP contribution is -2.21. The number of nitrogens with zero attached hydrogens (tertiary/aromatic N) is 3. The number of rotatable bonds is 3. The number of nitriles is 1. The molecule has 1 N–H and O–H groups in total. The number of aromatic nitrogens is 2. The molecule has 7 heteroatoms. The normalized spacial score (nSPS) is 10.4. The Morgan fingerprint density at radius 3 is 2.68 bits per heavy atom. The van der Waals surface area contributed by atoms with Crippen molar-refractivity contribution >= 4 is 16.7 Å². The highest BCUT2D eigenvalue weighted by molar-refractivity contribution is 6.00. The van der Waals surface area contributed by atoms with Crippen molar-refractivity contribution < 1.29 is 14.6 Å². The van der Waals surface area contributed by atoms with Gasteiger partial charge in [-0.25, -0.2) is 9.78 Å². The minimum Gasteiger partial charge on any atom is -0.505 e. The first-order chi connectivity index (χ1) is 12.1. The van der Waals surface area contributed by atoms with Gasteiger partial charge in [0.15, 0.2) is 11.4 Å². The third-order valence-electron chi connectivity index (χ3n) is 3.79. The Morgan fingerprint density at radius 2 is 2.04 bits per heavy atom. The zero-order valence-electron chi connectivity index (χ0n) is 13.3. The van der Waals surface area contributed by atoms with Crippen molar-refractivity contribution in [2.75, 3.05) is 7.11 Å². The van der Waals surface area contributed by atoms with Gasteiger partial charge in [-0.05, 0) is 11.6 Å². The van der Waals surface area contributed by atoms with Gasteiger partial charge < -0.3 is 14.4 Å². The molecule has 1 aromatic carbocycles. The maximum absolute atomic E-state index is 12.8. The molecule has 0 amide bonds. The molecule has 0 fully saturated rings. The van der Waals surface area contributed by atoms with E-state index in [0.29, 0.717) is 0 Å². The molecule has 0 aliphatic carbocycles. The number of esters is 1. The lowest BCUT2D eigenvalue weighted by molar-refractivity contribution is 0.0590. The van der Waals surface area contributed by atoms with E-state index in [1.807, 2.05) is 36.4 Å². The van der Waals surface area contributed by atoms with Crippen molar-refractivity contribution in [3.05, 3.63) is 69.9 Å². The van der Waals surface area contributed by atoms with Crippen molar-refractivity contribution in [1.29, 1.82) is 5.26 Å². The summed E-state index contributed by atoms with van der Waals surface area (Å²) in [6.07, 6.45) is 1.53. The molecule has 0 unspecified atom stereocenters. The van der Waals surface area contributed by atoms with Crippen LogP contribution in [0.3, 0.4) is 0 Å². The highest BCUT2D eigenvalue weighted by Crippen LogP contribution is 2.27. The molecule has 124 valence electrons. The molecule has 0 saturated heterocycles. The summed E-state index contributed by atoms with van der Waals surface area (Å²) in [4.78, 5) is 28.4. The maximum atomic E-state index is 12.8. The molecular formula is C18H13N3O4. The molecule has 0 atom stereocenters. The number of hydrogen-bond acceptors (Lipinski definition) is 6. The Kier molecular flexibility index (Phi) is 4.18. The first kappa shape index (κ1) is 16.2. The van der Waals surface area contributed by atoms with Crippen molar-refractivity contribution in [1.82, 2.24) is 9.55 Å². The van der Waals surface area contributed by atoms with Gasteiger partial charge in [-0.2, -0.15) is 5.26 Å². The van der Waals surface area contributed by atoms with Crippen LogP contribution in [-0.2, 0) is 11.3 Å². The fourth-order valence-corrected chi connectivity index (χ4v) is 2.57. The molecule has 0 saturated carbocycles. The van der Waals surface area contributed by atoms with E-state index in [0.717, 1.165) is 12.7 Å².